The summed E-state index contributed by atoms with van der Waals surface area (Å²) in [4.78, 5) is 38.1. The van der Waals surface area contributed by atoms with E-state index in [0.717, 1.165) is 77.0 Å². The van der Waals surface area contributed by atoms with E-state index in [4.69, 9.17) is 14.2 Å². The molecule has 0 aromatic heterocycles. The Morgan fingerprint density at radius 1 is 0.304 bits per heavy atom. The van der Waals surface area contributed by atoms with Crippen molar-refractivity contribution in [3.8, 4) is 0 Å². The first-order chi connectivity index (χ1) is 34.0. The summed E-state index contributed by atoms with van der Waals surface area (Å²) in [5.41, 5.74) is 0. The molecular formula is C63H102O6. The zero-order valence-electron chi connectivity index (χ0n) is 44.5. The molecule has 0 aromatic rings. The Labute approximate surface area is 424 Å². The van der Waals surface area contributed by atoms with Crippen LogP contribution in [0.3, 0.4) is 0 Å². The lowest BCUT2D eigenvalue weighted by molar-refractivity contribution is -0.166. The van der Waals surface area contributed by atoms with Gasteiger partial charge in [-0.15, -0.1) is 0 Å². The van der Waals surface area contributed by atoms with Crippen molar-refractivity contribution in [1.29, 1.82) is 0 Å². The van der Waals surface area contributed by atoms with Crippen molar-refractivity contribution in [3.63, 3.8) is 0 Å². The van der Waals surface area contributed by atoms with E-state index in [-0.39, 0.29) is 44.0 Å². The molecule has 0 aliphatic rings. The summed E-state index contributed by atoms with van der Waals surface area (Å²) in [7, 11) is 0. The van der Waals surface area contributed by atoms with Gasteiger partial charge in [-0.1, -0.05) is 226 Å². The molecule has 0 fully saturated rings. The summed E-state index contributed by atoms with van der Waals surface area (Å²) in [5.74, 6) is -1.08. The van der Waals surface area contributed by atoms with Crippen molar-refractivity contribution in [1.82, 2.24) is 0 Å². The number of allylic oxidation sites excluding steroid dienone is 20. The summed E-state index contributed by atoms with van der Waals surface area (Å²) < 4.78 is 16.7. The zero-order chi connectivity index (χ0) is 50.0. The number of carbonyl (C=O) groups excluding carboxylic acids is 3. The van der Waals surface area contributed by atoms with Gasteiger partial charge in [-0.2, -0.15) is 0 Å². The summed E-state index contributed by atoms with van der Waals surface area (Å²) in [6.45, 7) is 6.39. The highest BCUT2D eigenvalue weighted by Gasteiger charge is 2.19. The van der Waals surface area contributed by atoms with Gasteiger partial charge in [0, 0.05) is 19.3 Å². The molecule has 0 amide bonds. The fourth-order valence-corrected chi connectivity index (χ4v) is 7.24. The van der Waals surface area contributed by atoms with Crippen molar-refractivity contribution >= 4 is 17.9 Å². The highest BCUT2D eigenvalue weighted by atomic mass is 16.6. The molecule has 0 unspecified atom stereocenters. The second-order valence-electron chi connectivity index (χ2n) is 18.1. The first-order valence-electron chi connectivity index (χ1n) is 28.0. The Morgan fingerprint density at radius 3 is 1.04 bits per heavy atom. The van der Waals surface area contributed by atoms with Crippen molar-refractivity contribution < 1.29 is 28.6 Å². The molecule has 6 heteroatoms. The molecule has 0 radical (unpaired) electrons. The lowest BCUT2D eigenvalue weighted by Gasteiger charge is -2.18. The topological polar surface area (TPSA) is 78.9 Å². The predicted octanol–water partition coefficient (Wildman–Crippen LogP) is 18.9. The maximum absolute atomic E-state index is 12.8. The van der Waals surface area contributed by atoms with Crippen LogP contribution >= 0.6 is 0 Å². The van der Waals surface area contributed by atoms with Gasteiger partial charge in [0.25, 0.3) is 0 Å². The average Bonchev–Trinajstić information content (AvgIpc) is 3.35. The van der Waals surface area contributed by atoms with Gasteiger partial charge in [0.2, 0.25) is 0 Å². The molecule has 0 rings (SSSR count). The van der Waals surface area contributed by atoms with Crippen LogP contribution in [0.2, 0.25) is 0 Å². The SMILES string of the molecule is CC/C=C\C/C=C\C/C=C\C/C=C\C/C=C\C/C=C\CCC(=O)OC[C@H](COC(=O)CCCCCCCCC/C=C\CCCCCC)OC(=O)CCC/C=C\C/C=C\C/C=C\CCCCCCCC. The highest BCUT2D eigenvalue weighted by molar-refractivity contribution is 5.71. The standard InChI is InChI=1S/C63H102O6/c1-4-7-10-13-16-19-22-25-28-30-31-33-35-38-41-44-47-50-53-56-62(65)68-59-60(58-67-61(64)55-52-49-46-43-40-37-34-27-24-21-18-15-12-9-6-3)69-63(66)57-54-51-48-45-42-39-36-32-29-26-23-20-17-14-11-8-5-2/h7,10,16,19,21,24-26,28-29,31,33,36,38-39,41,45,47-48,50,60H,4-6,8-9,11-15,17-18,20,22-23,27,30,32,34-35,37,40,42-44,46,49,51-59H2,1-3H3/b10-7-,19-16-,24-21-,28-25-,29-26-,33-31-,39-36-,41-38-,48-45-,50-47-/t60-/m0/s1. The molecule has 69 heavy (non-hydrogen) atoms. The molecule has 0 heterocycles. The molecule has 0 saturated carbocycles. The summed E-state index contributed by atoms with van der Waals surface area (Å²) in [5, 5.41) is 0. The van der Waals surface area contributed by atoms with Gasteiger partial charge in [-0.3, -0.25) is 14.4 Å². The Balaban J connectivity index is 4.60. The third-order valence-corrected chi connectivity index (χ3v) is 11.4. The van der Waals surface area contributed by atoms with E-state index in [1.807, 2.05) is 12.2 Å². The zero-order valence-corrected chi connectivity index (χ0v) is 44.5. The molecule has 6 nitrogen and oxygen atoms in total. The van der Waals surface area contributed by atoms with Crippen LogP contribution in [0, 0.1) is 0 Å². The number of unbranched alkanes of at least 4 members (excludes halogenated alkanes) is 18. The van der Waals surface area contributed by atoms with Gasteiger partial charge in [-0.25, -0.2) is 0 Å². The molecule has 0 bridgehead atoms. The van der Waals surface area contributed by atoms with Crippen LogP contribution in [-0.2, 0) is 28.6 Å². The van der Waals surface area contributed by atoms with Gasteiger partial charge < -0.3 is 14.2 Å². The molecule has 0 spiro atoms. The molecule has 0 aliphatic heterocycles. The van der Waals surface area contributed by atoms with Gasteiger partial charge >= 0.3 is 17.9 Å². The highest BCUT2D eigenvalue weighted by Crippen LogP contribution is 2.13. The molecule has 0 N–H and O–H groups in total. The van der Waals surface area contributed by atoms with Crippen molar-refractivity contribution in [3.05, 3.63) is 122 Å². The largest absolute Gasteiger partial charge is 0.462 e. The second-order valence-corrected chi connectivity index (χ2v) is 18.1. The molecule has 0 aromatic carbocycles. The minimum absolute atomic E-state index is 0.126. The fourth-order valence-electron chi connectivity index (χ4n) is 7.24. The smallest absolute Gasteiger partial charge is 0.306 e. The first kappa shape index (κ1) is 64.8. The Morgan fingerprint density at radius 2 is 0.609 bits per heavy atom. The number of ether oxygens (including phenoxy) is 3. The van der Waals surface area contributed by atoms with Gasteiger partial charge in [0.1, 0.15) is 13.2 Å². The summed E-state index contributed by atoms with van der Waals surface area (Å²) in [6, 6.07) is 0. The van der Waals surface area contributed by atoms with E-state index >= 15 is 0 Å². The third kappa shape index (κ3) is 54.6. The Hall–Kier alpha value is -4.19. The second kappa shape index (κ2) is 56.4. The maximum atomic E-state index is 12.8. The van der Waals surface area contributed by atoms with Gasteiger partial charge in [0.15, 0.2) is 6.10 Å². The quantitative estimate of drug-likeness (QED) is 0.0262. The third-order valence-electron chi connectivity index (χ3n) is 11.4. The average molecular weight is 956 g/mol. The minimum Gasteiger partial charge on any atom is -0.462 e. The van der Waals surface area contributed by atoms with E-state index < -0.39 is 6.10 Å². The van der Waals surface area contributed by atoms with Gasteiger partial charge in [0.05, 0.1) is 0 Å². The summed E-state index contributed by atoms with van der Waals surface area (Å²) >= 11 is 0. The van der Waals surface area contributed by atoms with Crippen LogP contribution in [0.1, 0.15) is 239 Å². The van der Waals surface area contributed by atoms with E-state index in [0.29, 0.717) is 19.3 Å². The fraction of sp³-hybridized carbons (Fsp3) is 0.635. The monoisotopic (exact) mass is 955 g/mol. The maximum Gasteiger partial charge on any atom is 0.306 e. The van der Waals surface area contributed by atoms with E-state index in [2.05, 4.69) is 130 Å². The van der Waals surface area contributed by atoms with Crippen LogP contribution in [0.5, 0.6) is 0 Å². The summed E-state index contributed by atoms with van der Waals surface area (Å²) in [6.07, 6.45) is 77.7. The molecular weight excluding hydrogens is 853 g/mol. The van der Waals surface area contributed by atoms with E-state index in [1.54, 1.807) is 0 Å². The number of carbonyl (C=O) groups is 3. The van der Waals surface area contributed by atoms with Crippen LogP contribution in [0.4, 0.5) is 0 Å². The lowest BCUT2D eigenvalue weighted by Crippen LogP contribution is -2.30. The molecule has 0 saturated heterocycles. The van der Waals surface area contributed by atoms with Crippen molar-refractivity contribution in [2.75, 3.05) is 13.2 Å². The van der Waals surface area contributed by atoms with Crippen molar-refractivity contribution in [2.24, 2.45) is 0 Å². The predicted molar refractivity (Wildman–Crippen MR) is 297 cm³/mol. The normalized spacial score (nSPS) is 13.0. The van der Waals surface area contributed by atoms with E-state index in [9.17, 15) is 14.4 Å². The molecule has 1 atom stereocenters. The lowest BCUT2D eigenvalue weighted by atomic mass is 10.1. The number of esters is 3. The number of rotatable bonds is 49. The molecule has 390 valence electrons. The van der Waals surface area contributed by atoms with Crippen LogP contribution in [-0.4, -0.2) is 37.2 Å². The van der Waals surface area contributed by atoms with Crippen LogP contribution in [0.25, 0.3) is 0 Å². The molecule has 0 aliphatic carbocycles. The first-order valence-corrected chi connectivity index (χ1v) is 28.0. The number of hydrogen-bond acceptors (Lipinski definition) is 6. The van der Waals surface area contributed by atoms with Crippen molar-refractivity contribution in [2.45, 2.75) is 245 Å². The van der Waals surface area contributed by atoms with Gasteiger partial charge in [-0.05, 0) is 116 Å². The van der Waals surface area contributed by atoms with Crippen LogP contribution in [0.15, 0.2) is 122 Å². The Bertz CT molecular complexity index is 1470. The number of hydrogen-bond donors (Lipinski definition) is 0. The van der Waals surface area contributed by atoms with E-state index in [1.165, 1.54) is 109 Å². The minimum atomic E-state index is -0.840. The Kier molecular flexibility index (Phi) is 53.0. The van der Waals surface area contributed by atoms with Crippen LogP contribution < -0.4 is 0 Å².